The first-order chi connectivity index (χ1) is 10.9. The van der Waals surface area contributed by atoms with Crippen LogP contribution in [0.2, 0.25) is 5.02 Å². The minimum absolute atomic E-state index is 0.246. The van der Waals surface area contributed by atoms with Gasteiger partial charge in [0.25, 0.3) is 0 Å². The zero-order valence-electron chi connectivity index (χ0n) is 12.7. The molecular weight excluding hydrogens is 332 g/mol. The van der Waals surface area contributed by atoms with Crippen molar-refractivity contribution in [2.75, 3.05) is 18.6 Å². The number of fused-ring (bicyclic) bond motifs is 1. The van der Waals surface area contributed by atoms with Gasteiger partial charge in [-0.3, -0.25) is 0 Å². The maximum Gasteiger partial charge on any atom is 0.176 e. The summed E-state index contributed by atoms with van der Waals surface area (Å²) in [6, 6.07) is 14.3. The summed E-state index contributed by atoms with van der Waals surface area (Å²) in [5.74, 6) is 0. The molecule has 1 heterocycles. The number of aromatic nitrogens is 1. The summed E-state index contributed by atoms with van der Waals surface area (Å²) < 4.78 is 24.2. The molecule has 3 aromatic rings. The lowest BCUT2D eigenvalue weighted by Gasteiger charge is -2.13. The van der Waals surface area contributed by atoms with E-state index >= 15 is 0 Å². The highest BCUT2D eigenvalue weighted by molar-refractivity contribution is 7.90. The number of anilines is 1. The first kappa shape index (κ1) is 15.8. The van der Waals surface area contributed by atoms with Crippen LogP contribution >= 0.6 is 11.6 Å². The summed E-state index contributed by atoms with van der Waals surface area (Å²) >= 11 is 6.24. The first-order valence-corrected chi connectivity index (χ1v) is 9.25. The van der Waals surface area contributed by atoms with E-state index in [1.807, 2.05) is 18.2 Å². The molecule has 1 aromatic heterocycles. The number of pyridine rings is 1. The molecule has 0 saturated carbocycles. The number of sulfone groups is 1. The Balaban J connectivity index is 2.39. The highest BCUT2D eigenvalue weighted by Crippen LogP contribution is 2.35. The molecule has 0 amide bonds. The van der Waals surface area contributed by atoms with Crippen molar-refractivity contribution in [3.63, 3.8) is 0 Å². The molecule has 118 valence electrons. The summed E-state index contributed by atoms with van der Waals surface area (Å²) in [5, 5.41) is 4.51. The van der Waals surface area contributed by atoms with Crippen molar-refractivity contribution >= 4 is 38.0 Å². The van der Waals surface area contributed by atoms with E-state index in [2.05, 4.69) is 10.3 Å². The molecule has 0 aliphatic heterocycles. The minimum Gasteiger partial charge on any atom is -0.386 e. The lowest BCUT2D eigenvalue weighted by Crippen LogP contribution is -2.03. The molecule has 0 saturated heterocycles. The number of hydrogen-bond donors (Lipinski definition) is 1. The third kappa shape index (κ3) is 2.90. The van der Waals surface area contributed by atoms with Crippen LogP contribution in [0, 0.1) is 0 Å². The molecule has 0 aliphatic carbocycles. The lowest BCUT2D eigenvalue weighted by molar-refractivity contribution is 0.602. The molecule has 6 heteroatoms. The van der Waals surface area contributed by atoms with E-state index in [4.69, 9.17) is 11.6 Å². The van der Waals surface area contributed by atoms with Crippen LogP contribution in [-0.4, -0.2) is 26.7 Å². The van der Waals surface area contributed by atoms with Crippen LogP contribution in [0.1, 0.15) is 0 Å². The van der Waals surface area contributed by atoms with Gasteiger partial charge in [0, 0.05) is 24.3 Å². The highest BCUT2D eigenvalue weighted by Gasteiger charge is 2.18. The van der Waals surface area contributed by atoms with Crippen LogP contribution in [0.25, 0.3) is 22.2 Å². The second-order valence-corrected chi connectivity index (χ2v) is 7.61. The molecule has 0 unspecified atom stereocenters. The fourth-order valence-electron chi connectivity index (χ4n) is 2.54. The Morgan fingerprint density at radius 2 is 1.83 bits per heavy atom. The molecule has 0 aliphatic rings. The molecule has 0 atom stereocenters. The van der Waals surface area contributed by atoms with Gasteiger partial charge in [-0.15, -0.1) is 0 Å². The van der Waals surface area contributed by atoms with E-state index in [1.165, 1.54) is 6.26 Å². The summed E-state index contributed by atoms with van der Waals surface area (Å²) in [6.07, 6.45) is 1.19. The minimum atomic E-state index is -3.37. The molecule has 0 radical (unpaired) electrons. The molecule has 1 N–H and O–H groups in total. The van der Waals surface area contributed by atoms with Crippen molar-refractivity contribution in [1.82, 2.24) is 4.98 Å². The number of rotatable bonds is 3. The maximum absolute atomic E-state index is 12.1. The SMILES string of the molecule is CNc1cc2cccc(Cl)c2nc1-c1ccccc1S(C)(=O)=O. The maximum atomic E-state index is 12.1. The number of nitrogens with zero attached hydrogens (tertiary/aromatic N) is 1. The van der Waals surface area contributed by atoms with Crippen LogP contribution in [0.3, 0.4) is 0 Å². The van der Waals surface area contributed by atoms with E-state index in [0.29, 0.717) is 21.8 Å². The standard InChI is InChI=1S/C17H15ClN2O2S/c1-19-14-10-11-6-5-8-13(18)16(11)20-17(14)12-7-3-4-9-15(12)23(2,21)22/h3-10,19H,1-2H3. The summed E-state index contributed by atoms with van der Waals surface area (Å²) in [5.41, 5.74) is 2.51. The van der Waals surface area contributed by atoms with Crippen LogP contribution in [0.5, 0.6) is 0 Å². The van der Waals surface area contributed by atoms with Crippen molar-refractivity contribution < 1.29 is 8.42 Å². The molecular formula is C17H15ClN2O2S. The van der Waals surface area contributed by atoms with Crippen LogP contribution in [-0.2, 0) is 9.84 Å². The van der Waals surface area contributed by atoms with Crippen molar-refractivity contribution in [2.45, 2.75) is 4.90 Å². The zero-order chi connectivity index (χ0) is 16.6. The number of benzene rings is 2. The molecule has 4 nitrogen and oxygen atoms in total. The van der Waals surface area contributed by atoms with Crippen molar-refractivity contribution in [2.24, 2.45) is 0 Å². The van der Waals surface area contributed by atoms with Crippen molar-refractivity contribution in [1.29, 1.82) is 0 Å². The van der Waals surface area contributed by atoms with Gasteiger partial charge in [0.05, 0.1) is 26.8 Å². The Bertz CT molecular complexity index is 1000. The van der Waals surface area contributed by atoms with Gasteiger partial charge in [0.1, 0.15) is 0 Å². The van der Waals surface area contributed by atoms with Gasteiger partial charge in [-0.2, -0.15) is 0 Å². The number of hydrogen-bond acceptors (Lipinski definition) is 4. The van der Waals surface area contributed by atoms with Crippen molar-refractivity contribution in [3.8, 4) is 11.3 Å². The fourth-order valence-corrected chi connectivity index (χ4v) is 3.66. The van der Waals surface area contributed by atoms with Gasteiger partial charge in [0.15, 0.2) is 9.84 Å². The third-order valence-corrected chi connectivity index (χ3v) is 5.07. The average Bonchev–Trinajstić information content (AvgIpc) is 2.53. The molecule has 0 spiro atoms. The predicted molar refractivity (Wildman–Crippen MR) is 94.8 cm³/mol. The summed E-state index contributed by atoms with van der Waals surface area (Å²) in [6.45, 7) is 0. The topological polar surface area (TPSA) is 59.1 Å². The van der Waals surface area contributed by atoms with E-state index in [0.717, 1.165) is 11.1 Å². The molecule has 0 fully saturated rings. The molecule has 3 rings (SSSR count). The Morgan fingerprint density at radius 3 is 2.52 bits per heavy atom. The average molecular weight is 347 g/mol. The third-order valence-electron chi connectivity index (χ3n) is 3.61. The van der Waals surface area contributed by atoms with E-state index in [-0.39, 0.29) is 4.90 Å². The number of nitrogens with one attached hydrogen (secondary N) is 1. The normalized spacial score (nSPS) is 11.6. The fraction of sp³-hybridized carbons (Fsp3) is 0.118. The molecule has 0 bridgehead atoms. The van der Waals surface area contributed by atoms with E-state index in [1.54, 1.807) is 37.4 Å². The first-order valence-electron chi connectivity index (χ1n) is 6.98. The Hall–Kier alpha value is -2.11. The largest absolute Gasteiger partial charge is 0.386 e. The van der Waals surface area contributed by atoms with E-state index < -0.39 is 9.84 Å². The van der Waals surface area contributed by atoms with Gasteiger partial charge in [-0.05, 0) is 18.2 Å². The molecule has 23 heavy (non-hydrogen) atoms. The van der Waals surface area contributed by atoms with Crippen LogP contribution in [0.15, 0.2) is 53.4 Å². The number of halogens is 1. The smallest absolute Gasteiger partial charge is 0.176 e. The van der Waals surface area contributed by atoms with Gasteiger partial charge in [0.2, 0.25) is 0 Å². The Kier molecular flexibility index (Phi) is 4.00. The summed E-state index contributed by atoms with van der Waals surface area (Å²) in [7, 11) is -1.59. The quantitative estimate of drug-likeness (QED) is 0.778. The Labute approximate surface area is 140 Å². The van der Waals surface area contributed by atoms with Gasteiger partial charge in [-0.1, -0.05) is 41.9 Å². The second-order valence-electron chi connectivity index (χ2n) is 5.21. The predicted octanol–water partition coefficient (Wildman–Crippen LogP) is 4.00. The van der Waals surface area contributed by atoms with Gasteiger partial charge >= 0.3 is 0 Å². The van der Waals surface area contributed by atoms with Crippen molar-refractivity contribution in [3.05, 3.63) is 53.6 Å². The highest BCUT2D eigenvalue weighted by atomic mass is 35.5. The van der Waals surface area contributed by atoms with Gasteiger partial charge in [-0.25, -0.2) is 13.4 Å². The monoisotopic (exact) mass is 346 g/mol. The summed E-state index contributed by atoms with van der Waals surface area (Å²) in [4.78, 5) is 4.88. The second kappa shape index (κ2) is 5.83. The van der Waals surface area contributed by atoms with Gasteiger partial charge < -0.3 is 5.32 Å². The molecule has 2 aromatic carbocycles. The zero-order valence-corrected chi connectivity index (χ0v) is 14.2. The Morgan fingerprint density at radius 1 is 1.09 bits per heavy atom. The number of para-hydroxylation sites is 1. The van der Waals surface area contributed by atoms with E-state index in [9.17, 15) is 8.42 Å². The van der Waals surface area contributed by atoms with Crippen LogP contribution in [0.4, 0.5) is 5.69 Å². The van der Waals surface area contributed by atoms with Crippen LogP contribution < -0.4 is 5.32 Å². The lowest BCUT2D eigenvalue weighted by atomic mass is 10.1.